The molecule has 1 saturated heterocycles. The lowest BCUT2D eigenvalue weighted by Gasteiger charge is -2.25. The van der Waals surface area contributed by atoms with E-state index in [2.05, 4.69) is 16.8 Å². The van der Waals surface area contributed by atoms with Crippen molar-refractivity contribution in [1.82, 2.24) is 9.88 Å². The van der Waals surface area contributed by atoms with Gasteiger partial charge in [0.2, 0.25) is 0 Å². The van der Waals surface area contributed by atoms with Gasteiger partial charge >= 0.3 is 0 Å². The Morgan fingerprint density at radius 3 is 3.11 bits per heavy atom. The highest BCUT2D eigenvalue weighted by molar-refractivity contribution is 7.80. The third-order valence-electron chi connectivity index (χ3n) is 3.68. The van der Waals surface area contributed by atoms with Gasteiger partial charge in [0.25, 0.3) is 0 Å². The van der Waals surface area contributed by atoms with E-state index in [9.17, 15) is 5.11 Å². The molecule has 0 bridgehead atoms. The van der Waals surface area contributed by atoms with Crippen LogP contribution in [0, 0.1) is 5.92 Å². The Labute approximate surface area is 113 Å². The number of aromatic nitrogens is 1. The molecule has 1 fully saturated rings. The molecular formula is C13H19N3OS. The standard InChI is InChI=1S/C13H19N3OS/c1-9-4-6-16(11(9)8-17)7-10-3-2-5-15-12(10)13(14)18/h2-3,5,9,11,17H,4,6-8H2,1H3,(H2,14,18). The van der Waals surface area contributed by atoms with Crippen molar-refractivity contribution in [3.05, 3.63) is 29.6 Å². The van der Waals surface area contributed by atoms with Gasteiger partial charge < -0.3 is 10.8 Å². The summed E-state index contributed by atoms with van der Waals surface area (Å²) in [5.41, 5.74) is 7.42. The summed E-state index contributed by atoms with van der Waals surface area (Å²) in [5.74, 6) is 0.528. The van der Waals surface area contributed by atoms with Crippen LogP contribution in [0.25, 0.3) is 0 Å². The van der Waals surface area contributed by atoms with Gasteiger partial charge in [-0.3, -0.25) is 9.88 Å². The first-order chi connectivity index (χ1) is 8.63. The summed E-state index contributed by atoms with van der Waals surface area (Å²) in [6, 6.07) is 4.12. The maximum absolute atomic E-state index is 9.46. The third-order valence-corrected chi connectivity index (χ3v) is 3.88. The molecule has 0 aliphatic carbocycles. The first-order valence-electron chi connectivity index (χ1n) is 6.22. The van der Waals surface area contributed by atoms with Crippen LogP contribution in [-0.2, 0) is 6.54 Å². The van der Waals surface area contributed by atoms with Crippen molar-refractivity contribution in [1.29, 1.82) is 0 Å². The van der Waals surface area contributed by atoms with Crippen molar-refractivity contribution >= 4 is 17.2 Å². The van der Waals surface area contributed by atoms with Gasteiger partial charge in [0.05, 0.1) is 6.61 Å². The van der Waals surface area contributed by atoms with Gasteiger partial charge in [0.15, 0.2) is 0 Å². The summed E-state index contributed by atoms with van der Waals surface area (Å²) in [4.78, 5) is 6.85. The molecule has 0 amide bonds. The third kappa shape index (κ3) is 2.68. The Balaban J connectivity index is 2.17. The summed E-state index contributed by atoms with van der Waals surface area (Å²) in [7, 11) is 0. The quantitative estimate of drug-likeness (QED) is 0.793. The number of aliphatic hydroxyl groups is 1. The molecule has 0 radical (unpaired) electrons. The van der Waals surface area contributed by atoms with Crippen LogP contribution in [0.1, 0.15) is 24.6 Å². The molecule has 5 heteroatoms. The Bertz CT molecular complexity index is 438. The number of aliphatic hydroxyl groups excluding tert-OH is 1. The summed E-state index contributed by atoms with van der Waals surface area (Å²) in [6.07, 6.45) is 2.82. The van der Waals surface area contributed by atoms with Crippen molar-refractivity contribution in [2.75, 3.05) is 13.2 Å². The number of nitrogens with two attached hydrogens (primary N) is 1. The number of hydrogen-bond acceptors (Lipinski definition) is 4. The lowest BCUT2D eigenvalue weighted by atomic mass is 10.0. The smallest absolute Gasteiger partial charge is 0.123 e. The first-order valence-corrected chi connectivity index (χ1v) is 6.63. The Morgan fingerprint density at radius 2 is 2.44 bits per heavy atom. The Kier molecular flexibility index (Phi) is 4.27. The van der Waals surface area contributed by atoms with Crippen molar-refractivity contribution < 1.29 is 5.11 Å². The highest BCUT2D eigenvalue weighted by Crippen LogP contribution is 2.25. The normalized spacial score (nSPS) is 24.3. The predicted molar refractivity (Wildman–Crippen MR) is 75.2 cm³/mol. The Hall–Kier alpha value is -1.04. The number of likely N-dealkylation sites (tertiary alicyclic amines) is 1. The van der Waals surface area contributed by atoms with Crippen molar-refractivity contribution in [2.24, 2.45) is 11.7 Å². The Morgan fingerprint density at radius 1 is 1.67 bits per heavy atom. The van der Waals surface area contributed by atoms with Gasteiger partial charge in [-0.2, -0.15) is 0 Å². The van der Waals surface area contributed by atoms with Gasteiger partial charge in [0.1, 0.15) is 10.7 Å². The molecule has 18 heavy (non-hydrogen) atoms. The molecule has 1 aromatic heterocycles. The lowest BCUT2D eigenvalue weighted by molar-refractivity contribution is 0.134. The molecule has 98 valence electrons. The van der Waals surface area contributed by atoms with E-state index in [0.717, 1.165) is 25.1 Å². The number of rotatable bonds is 4. The molecule has 2 rings (SSSR count). The van der Waals surface area contributed by atoms with E-state index in [0.29, 0.717) is 16.6 Å². The largest absolute Gasteiger partial charge is 0.395 e. The molecule has 0 spiro atoms. The highest BCUT2D eigenvalue weighted by atomic mass is 32.1. The van der Waals surface area contributed by atoms with E-state index < -0.39 is 0 Å². The second-order valence-corrected chi connectivity index (χ2v) is 5.30. The molecule has 2 atom stereocenters. The van der Waals surface area contributed by atoms with Crippen LogP contribution in [-0.4, -0.2) is 39.2 Å². The molecule has 1 aliphatic heterocycles. The van der Waals surface area contributed by atoms with E-state index in [4.69, 9.17) is 18.0 Å². The lowest BCUT2D eigenvalue weighted by Crippen LogP contribution is -2.35. The van der Waals surface area contributed by atoms with Crippen LogP contribution in [0.4, 0.5) is 0 Å². The minimum Gasteiger partial charge on any atom is -0.395 e. The molecule has 4 nitrogen and oxygen atoms in total. The zero-order valence-electron chi connectivity index (χ0n) is 10.5. The maximum atomic E-state index is 9.46. The highest BCUT2D eigenvalue weighted by Gasteiger charge is 2.30. The number of nitrogens with zero attached hydrogens (tertiary/aromatic N) is 2. The predicted octanol–water partition coefficient (Wildman–Crippen LogP) is 0.918. The van der Waals surface area contributed by atoms with Crippen molar-refractivity contribution in [2.45, 2.75) is 25.9 Å². The van der Waals surface area contributed by atoms with Crippen LogP contribution in [0.2, 0.25) is 0 Å². The van der Waals surface area contributed by atoms with Gasteiger partial charge in [0, 0.05) is 18.8 Å². The maximum Gasteiger partial charge on any atom is 0.123 e. The molecule has 1 aliphatic rings. The number of thiocarbonyl (C=S) groups is 1. The number of pyridine rings is 1. The molecule has 2 heterocycles. The topological polar surface area (TPSA) is 62.4 Å². The molecule has 0 saturated carbocycles. The van der Waals surface area contributed by atoms with Crippen LogP contribution in [0.3, 0.4) is 0 Å². The SMILES string of the molecule is CC1CCN(Cc2cccnc2C(N)=S)C1CO. The molecule has 3 N–H and O–H groups in total. The van der Waals surface area contributed by atoms with E-state index >= 15 is 0 Å². The van der Waals surface area contributed by atoms with Crippen LogP contribution in [0.15, 0.2) is 18.3 Å². The van der Waals surface area contributed by atoms with Crippen LogP contribution >= 0.6 is 12.2 Å². The second kappa shape index (κ2) is 5.73. The van der Waals surface area contributed by atoms with Crippen LogP contribution < -0.4 is 5.73 Å². The average molecular weight is 265 g/mol. The van der Waals surface area contributed by atoms with Gasteiger partial charge in [-0.25, -0.2) is 0 Å². The summed E-state index contributed by atoms with van der Waals surface area (Å²) >= 11 is 5.02. The molecule has 2 unspecified atom stereocenters. The van der Waals surface area contributed by atoms with Crippen LogP contribution in [0.5, 0.6) is 0 Å². The van der Waals surface area contributed by atoms with E-state index in [-0.39, 0.29) is 12.6 Å². The molecular weight excluding hydrogens is 246 g/mol. The zero-order chi connectivity index (χ0) is 13.1. The summed E-state index contributed by atoms with van der Waals surface area (Å²) in [6.45, 7) is 4.12. The van der Waals surface area contributed by atoms with E-state index in [1.54, 1.807) is 6.20 Å². The molecule has 1 aromatic rings. The summed E-state index contributed by atoms with van der Waals surface area (Å²) in [5, 5.41) is 9.46. The fraction of sp³-hybridized carbons (Fsp3) is 0.538. The van der Waals surface area contributed by atoms with Crippen molar-refractivity contribution in [3.63, 3.8) is 0 Å². The van der Waals surface area contributed by atoms with Crippen molar-refractivity contribution in [3.8, 4) is 0 Å². The van der Waals surface area contributed by atoms with Gasteiger partial charge in [-0.1, -0.05) is 25.2 Å². The fourth-order valence-corrected chi connectivity index (χ4v) is 2.77. The van der Waals surface area contributed by atoms with E-state index in [1.165, 1.54) is 0 Å². The summed E-state index contributed by atoms with van der Waals surface area (Å²) < 4.78 is 0. The second-order valence-electron chi connectivity index (χ2n) is 4.86. The van der Waals surface area contributed by atoms with Gasteiger partial charge in [-0.15, -0.1) is 0 Å². The van der Waals surface area contributed by atoms with E-state index in [1.807, 2.05) is 12.1 Å². The minimum atomic E-state index is 0.198. The van der Waals surface area contributed by atoms with Gasteiger partial charge in [-0.05, 0) is 30.5 Å². The monoisotopic (exact) mass is 265 g/mol. The fourth-order valence-electron chi connectivity index (χ4n) is 2.59. The average Bonchev–Trinajstić information content (AvgIpc) is 2.70. The molecule has 0 aromatic carbocycles. The minimum absolute atomic E-state index is 0.198. The zero-order valence-corrected chi connectivity index (χ0v) is 11.4. The number of hydrogen-bond donors (Lipinski definition) is 2. The first kappa shape index (κ1) is 13.4.